The van der Waals surface area contributed by atoms with E-state index in [1.807, 2.05) is 0 Å². The molecule has 1 amide bonds. The normalized spacial score (nSPS) is 10.6. The number of nitrogens with one attached hydrogen (secondary N) is 1. The molecule has 0 aliphatic rings. The molecule has 0 atom stereocenters. The summed E-state index contributed by atoms with van der Waals surface area (Å²) in [4.78, 5) is 22.9. The molecule has 1 aromatic carbocycles. The minimum Gasteiger partial charge on any atom is -0.475 e. The Hall–Kier alpha value is -2.77. The molecule has 2 heterocycles. The van der Waals surface area contributed by atoms with E-state index in [9.17, 15) is 9.59 Å². The summed E-state index contributed by atoms with van der Waals surface area (Å²) in [6, 6.07) is 9.34. The number of benzene rings is 1. The number of carboxylic acids is 1. The molecule has 3 aromatic rings. The molecule has 0 unspecified atom stereocenters. The predicted octanol–water partition coefficient (Wildman–Crippen LogP) is 3.40. The fourth-order valence-corrected chi connectivity index (χ4v) is 2.35. The number of aromatic carboxylic acids is 1. The molecule has 2 aromatic heterocycles. The molecular formula is C16H11Cl2N3O4. The van der Waals surface area contributed by atoms with Crippen LogP contribution in [0.25, 0.3) is 5.69 Å². The number of amides is 1. The maximum absolute atomic E-state index is 12.1. The number of aromatic nitrogens is 2. The quantitative estimate of drug-likeness (QED) is 0.707. The van der Waals surface area contributed by atoms with Gasteiger partial charge in [0.2, 0.25) is 5.76 Å². The van der Waals surface area contributed by atoms with Crippen molar-refractivity contribution in [3.63, 3.8) is 0 Å². The van der Waals surface area contributed by atoms with Crippen LogP contribution in [0.3, 0.4) is 0 Å². The maximum atomic E-state index is 12.1. The molecule has 0 saturated heterocycles. The molecule has 25 heavy (non-hydrogen) atoms. The van der Waals surface area contributed by atoms with Gasteiger partial charge in [0, 0.05) is 6.20 Å². The molecule has 9 heteroatoms. The Bertz CT molecular complexity index is 949. The molecule has 0 aliphatic heterocycles. The van der Waals surface area contributed by atoms with E-state index in [0.717, 1.165) is 0 Å². The second kappa shape index (κ2) is 7.00. The number of halogens is 2. The molecular weight excluding hydrogens is 369 g/mol. The fourth-order valence-electron chi connectivity index (χ4n) is 2.06. The summed E-state index contributed by atoms with van der Waals surface area (Å²) in [7, 11) is 0. The first-order valence-corrected chi connectivity index (χ1v) is 7.81. The van der Waals surface area contributed by atoms with Gasteiger partial charge in [-0.15, -0.1) is 0 Å². The summed E-state index contributed by atoms with van der Waals surface area (Å²) in [5.41, 5.74) is 0.849. The predicted molar refractivity (Wildman–Crippen MR) is 90.4 cm³/mol. The summed E-state index contributed by atoms with van der Waals surface area (Å²) in [6.45, 7) is 0.0474. The first kappa shape index (κ1) is 17.1. The lowest BCUT2D eigenvalue weighted by molar-refractivity contribution is 0.0660. The number of carboxylic acid groups (broad SMARTS) is 1. The van der Waals surface area contributed by atoms with Crippen molar-refractivity contribution >= 4 is 35.1 Å². The van der Waals surface area contributed by atoms with E-state index in [1.165, 1.54) is 16.8 Å². The van der Waals surface area contributed by atoms with E-state index in [1.54, 1.807) is 30.5 Å². The van der Waals surface area contributed by atoms with E-state index in [4.69, 9.17) is 32.7 Å². The van der Waals surface area contributed by atoms with Crippen LogP contribution in [-0.4, -0.2) is 26.8 Å². The Labute approximate surface area is 151 Å². The van der Waals surface area contributed by atoms with Crippen LogP contribution in [-0.2, 0) is 6.54 Å². The zero-order valence-corrected chi connectivity index (χ0v) is 14.1. The van der Waals surface area contributed by atoms with E-state index in [2.05, 4.69) is 10.4 Å². The molecule has 0 radical (unpaired) electrons. The van der Waals surface area contributed by atoms with E-state index >= 15 is 0 Å². The van der Waals surface area contributed by atoms with Crippen molar-refractivity contribution in [3.05, 3.63) is 69.9 Å². The minimum absolute atomic E-state index is 0.0474. The van der Waals surface area contributed by atoms with Gasteiger partial charge in [-0.1, -0.05) is 23.2 Å². The molecule has 7 nitrogen and oxygen atoms in total. The highest BCUT2D eigenvalue weighted by Crippen LogP contribution is 2.24. The average molecular weight is 380 g/mol. The first-order chi connectivity index (χ1) is 11.9. The van der Waals surface area contributed by atoms with Gasteiger partial charge in [0.25, 0.3) is 5.91 Å². The second-order valence-electron chi connectivity index (χ2n) is 5.00. The lowest BCUT2D eigenvalue weighted by Crippen LogP contribution is -2.23. The Morgan fingerprint density at radius 3 is 2.64 bits per heavy atom. The zero-order valence-electron chi connectivity index (χ0n) is 12.6. The summed E-state index contributed by atoms with van der Waals surface area (Å²) < 4.78 is 6.56. The minimum atomic E-state index is -1.17. The summed E-state index contributed by atoms with van der Waals surface area (Å²) in [6.07, 6.45) is 1.61. The highest BCUT2D eigenvalue weighted by Gasteiger charge is 2.13. The molecule has 0 saturated carbocycles. The van der Waals surface area contributed by atoms with E-state index < -0.39 is 11.9 Å². The van der Waals surface area contributed by atoms with Gasteiger partial charge in [-0.25, -0.2) is 9.48 Å². The van der Waals surface area contributed by atoms with Crippen molar-refractivity contribution in [1.82, 2.24) is 15.1 Å². The van der Waals surface area contributed by atoms with Gasteiger partial charge < -0.3 is 14.8 Å². The summed E-state index contributed by atoms with van der Waals surface area (Å²) in [5.74, 6) is -1.45. The van der Waals surface area contributed by atoms with Gasteiger partial charge in [-0.3, -0.25) is 4.79 Å². The number of nitrogens with zero attached hydrogens (tertiary/aromatic N) is 2. The molecule has 0 bridgehead atoms. The van der Waals surface area contributed by atoms with E-state index in [-0.39, 0.29) is 18.0 Å². The lowest BCUT2D eigenvalue weighted by atomic mass is 10.3. The van der Waals surface area contributed by atoms with Gasteiger partial charge in [-0.2, -0.15) is 5.10 Å². The monoisotopic (exact) mass is 379 g/mol. The van der Waals surface area contributed by atoms with Crippen LogP contribution in [0, 0.1) is 0 Å². The fraction of sp³-hybridized carbons (Fsp3) is 0.0625. The van der Waals surface area contributed by atoms with Crippen LogP contribution in [0.15, 0.2) is 47.0 Å². The molecule has 3 rings (SSSR count). The van der Waals surface area contributed by atoms with Crippen molar-refractivity contribution in [2.24, 2.45) is 0 Å². The largest absolute Gasteiger partial charge is 0.475 e. The summed E-state index contributed by atoms with van der Waals surface area (Å²) >= 11 is 11.8. The smallest absolute Gasteiger partial charge is 0.371 e. The molecule has 0 fully saturated rings. The van der Waals surface area contributed by atoms with Crippen LogP contribution in [0.5, 0.6) is 0 Å². The molecule has 0 spiro atoms. The number of hydrogen-bond donors (Lipinski definition) is 2. The van der Waals surface area contributed by atoms with Crippen molar-refractivity contribution in [2.75, 3.05) is 0 Å². The Morgan fingerprint density at radius 1 is 1.16 bits per heavy atom. The number of hydrogen-bond acceptors (Lipinski definition) is 4. The zero-order chi connectivity index (χ0) is 18.0. The Balaban J connectivity index is 1.67. The first-order valence-electron chi connectivity index (χ1n) is 7.05. The van der Waals surface area contributed by atoms with Gasteiger partial charge in [0.1, 0.15) is 5.76 Å². The van der Waals surface area contributed by atoms with Crippen molar-refractivity contribution in [3.8, 4) is 5.69 Å². The van der Waals surface area contributed by atoms with Gasteiger partial charge in [-0.05, 0) is 36.4 Å². The Kier molecular flexibility index (Phi) is 4.78. The van der Waals surface area contributed by atoms with E-state index in [0.29, 0.717) is 21.5 Å². The van der Waals surface area contributed by atoms with Crippen LogP contribution in [0.2, 0.25) is 10.0 Å². The van der Waals surface area contributed by atoms with Crippen LogP contribution < -0.4 is 5.32 Å². The SMILES string of the molecule is O=C(NCc1ccc(C(=O)O)o1)c1ccn(-c2ccc(Cl)c(Cl)c2)n1. The third-order valence-electron chi connectivity index (χ3n) is 3.29. The van der Waals surface area contributed by atoms with Crippen LogP contribution in [0.1, 0.15) is 26.8 Å². The highest BCUT2D eigenvalue weighted by atomic mass is 35.5. The lowest BCUT2D eigenvalue weighted by Gasteiger charge is -2.03. The summed E-state index contributed by atoms with van der Waals surface area (Å²) in [5, 5.41) is 16.4. The number of carbonyl (C=O) groups is 2. The average Bonchev–Trinajstić information content (AvgIpc) is 3.24. The Morgan fingerprint density at radius 2 is 1.96 bits per heavy atom. The van der Waals surface area contributed by atoms with Gasteiger partial charge in [0.15, 0.2) is 5.69 Å². The maximum Gasteiger partial charge on any atom is 0.371 e. The van der Waals surface area contributed by atoms with Crippen LogP contribution >= 0.6 is 23.2 Å². The number of rotatable bonds is 5. The molecule has 2 N–H and O–H groups in total. The van der Waals surface area contributed by atoms with Gasteiger partial charge in [0.05, 0.1) is 22.3 Å². The van der Waals surface area contributed by atoms with Crippen LogP contribution in [0.4, 0.5) is 0 Å². The topological polar surface area (TPSA) is 97.4 Å². The third-order valence-corrected chi connectivity index (χ3v) is 4.02. The molecule has 128 valence electrons. The third kappa shape index (κ3) is 3.84. The van der Waals surface area contributed by atoms with Crippen molar-refractivity contribution < 1.29 is 19.1 Å². The van der Waals surface area contributed by atoms with Gasteiger partial charge >= 0.3 is 5.97 Å². The standard InChI is InChI=1S/C16H11Cl2N3O4/c17-11-3-1-9(7-12(11)18)21-6-5-13(20-21)15(22)19-8-10-2-4-14(25-10)16(23)24/h1-7H,8H2,(H,19,22)(H,23,24). The highest BCUT2D eigenvalue weighted by molar-refractivity contribution is 6.42. The number of furan rings is 1. The van der Waals surface area contributed by atoms with Crippen molar-refractivity contribution in [2.45, 2.75) is 6.54 Å². The number of carbonyl (C=O) groups excluding carboxylic acids is 1. The second-order valence-corrected chi connectivity index (χ2v) is 5.81. The van der Waals surface area contributed by atoms with Crippen molar-refractivity contribution in [1.29, 1.82) is 0 Å². The molecule has 0 aliphatic carbocycles.